The number of hydrogen-bond donors (Lipinski definition) is 3. The second-order valence-corrected chi connectivity index (χ2v) is 9.32. The standard InChI is InChI=1S/C23H27N5O4S/c1-13-8-14(2)26-22(30)18(13)10-24-21(29)19-12-33-20(15(19)3)16-9-25-28(11-16)17-4-6-27(7-5-17)23(31)32/h8-9,11-12,17H,4-7,10H2,1-3H3,(H,24,29)(H,26,30)(H,31,32). The normalized spacial score (nSPS) is 14.5. The summed E-state index contributed by atoms with van der Waals surface area (Å²) < 4.78 is 1.90. The molecule has 0 spiro atoms. The summed E-state index contributed by atoms with van der Waals surface area (Å²) >= 11 is 1.48. The number of piperidine rings is 1. The van der Waals surface area contributed by atoms with Crippen LogP contribution in [0.15, 0.2) is 28.6 Å². The first-order chi connectivity index (χ1) is 15.7. The van der Waals surface area contributed by atoms with Crippen molar-refractivity contribution in [1.29, 1.82) is 0 Å². The van der Waals surface area contributed by atoms with Crippen molar-refractivity contribution < 1.29 is 14.7 Å². The summed E-state index contributed by atoms with van der Waals surface area (Å²) in [5.74, 6) is -0.220. The Morgan fingerprint density at radius 2 is 2.00 bits per heavy atom. The van der Waals surface area contributed by atoms with Gasteiger partial charge in [-0.05, 0) is 50.8 Å². The van der Waals surface area contributed by atoms with Crippen molar-refractivity contribution in [2.75, 3.05) is 13.1 Å². The van der Waals surface area contributed by atoms with Crippen LogP contribution in [0.1, 0.15) is 51.6 Å². The highest BCUT2D eigenvalue weighted by Gasteiger charge is 2.24. The molecule has 3 aromatic heterocycles. The average molecular weight is 470 g/mol. The summed E-state index contributed by atoms with van der Waals surface area (Å²) in [5, 5.41) is 18.3. The van der Waals surface area contributed by atoms with E-state index < -0.39 is 6.09 Å². The van der Waals surface area contributed by atoms with E-state index in [2.05, 4.69) is 15.4 Å². The molecule has 4 rings (SSSR count). The van der Waals surface area contributed by atoms with Gasteiger partial charge in [0.2, 0.25) is 0 Å². The minimum atomic E-state index is -0.878. The van der Waals surface area contributed by atoms with Gasteiger partial charge in [-0.25, -0.2) is 4.79 Å². The van der Waals surface area contributed by atoms with E-state index in [0.29, 0.717) is 24.2 Å². The molecule has 10 heteroatoms. The molecule has 33 heavy (non-hydrogen) atoms. The average Bonchev–Trinajstić information content (AvgIpc) is 3.39. The third-order valence-corrected chi connectivity index (χ3v) is 7.31. The zero-order valence-corrected chi connectivity index (χ0v) is 19.7. The van der Waals surface area contributed by atoms with E-state index >= 15 is 0 Å². The minimum absolute atomic E-state index is 0.160. The first-order valence-corrected chi connectivity index (χ1v) is 11.7. The highest BCUT2D eigenvalue weighted by atomic mass is 32.1. The summed E-state index contributed by atoms with van der Waals surface area (Å²) in [7, 11) is 0. The number of carbonyl (C=O) groups is 2. The van der Waals surface area contributed by atoms with Crippen molar-refractivity contribution in [3.8, 4) is 10.4 Å². The number of thiophene rings is 1. The molecule has 0 radical (unpaired) electrons. The van der Waals surface area contributed by atoms with Crippen LogP contribution in [0, 0.1) is 20.8 Å². The van der Waals surface area contributed by atoms with E-state index in [1.807, 2.05) is 43.1 Å². The van der Waals surface area contributed by atoms with E-state index in [1.54, 1.807) is 6.20 Å². The summed E-state index contributed by atoms with van der Waals surface area (Å²) in [6.45, 7) is 6.77. The largest absolute Gasteiger partial charge is 0.465 e. The van der Waals surface area contributed by atoms with Crippen molar-refractivity contribution >= 4 is 23.3 Å². The van der Waals surface area contributed by atoms with Crippen LogP contribution < -0.4 is 10.9 Å². The van der Waals surface area contributed by atoms with Crippen LogP contribution in [0.4, 0.5) is 4.79 Å². The predicted molar refractivity (Wildman–Crippen MR) is 126 cm³/mol. The van der Waals surface area contributed by atoms with Gasteiger partial charge in [-0.15, -0.1) is 11.3 Å². The Balaban J connectivity index is 1.45. The first kappa shape index (κ1) is 22.8. The number of amides is 2. The van der Waals surface area contributed by atoms with Gasteiger partial charge in [-0.3, -0.25) is 14.3 Å². The maximum atomic E-state index is 12.8. The number of carbonyl (C=O) groups excluding carboxylic acids is 1. The summed E-state index contributed by atoms with van der Waals surface area (Å²) in [6, 6.07) is 2.05. The fraction of sp³-hybridized carbons (Fsp3) is 0.391. The van der Waals surface area contributed by atoms with Crippen molar-refractivity contribution in [2.45, 2.75) is 46.2 Å². The van der Waals surface area contributed by atoms with Crippen molar-refractivity contribution in [1.82, 2.24) is 25.0 Å². The lowest BCUT2D eigenvalue weighted by molar-refractivity contribution is 0.0950. The quantitative estimate of drug-likeness (QED) is 0.528. The Labute approximate surface area is 195 Å². The van der Waals surface area contributed by atoms with Crippen LogP contribution in [0.2, 0.25) is 0 Å². The molecule has 1 saturated heterocycles. The number of H-pyrrole nitrogens is 1. The van der Waals surface area contributed by atoms with Gasteiger partial charge >= 0.3 is 6.09 Å². The highest BCUT2D eigenvalue weighted by molar-refractivity contribution is 7.14. The molecule has 0 aromatic carbocycles. The Hall–Kier alpha value is -3.40. The third kappa shape index (κ3) is 4.70. The lowest BCUT2D eigenvalue weighted by atomic mass is 10.1. The molecule has 3 N–H and O–H groups in total. The number of carboxylic acid groups (broad SMARTS) is 1. The molecule has 0 atom stereocenters. The zero-order chi connectivity index (χ0) is 23.7. The van der Waals surface area contributed by atoms with Gasteiger partial charge in [0.15, 0.2) is 0 Å². The van der Waals surface area contributed by atoms with Crippen LogP contribution in [0.5, 0.6) is 0 Å². The van der Waals surface area contributed by atoms with Gasteiger partial charge in [-0.1, -0.05) is 0 Å². The number of aromatic nitrogens is 3. The minimum Gasteiger partial charge on any atom is -0.465 e. The van der Waals surface area contributed by atoms with Gasteiger partial charge in [0, 0.05) is 52.9 Å². The van der Waals surface area contributed by atoms with Gasteiger partial charge in [0.1, 0.15) is 0 Å². The van der Waals surface area contributed by atoms with Crippen molar-refractivity contribution in [3.05, 3.63) is 62.1 Å². The third-order valence-electron chi connectivity index (χ3n) is 6.18. The molecule has 0 aliphatic carbocycles. The molecule has 0 unspecified atom stereocenters. The molecule has 0 bridgehead atoms. The molecule has 2 amide bonds. The molecular weight excluding hydrogens is 442 g/mol. The summed E-state index contributed by atoms with van der Waals surface area (Å²) in [4.78, 5) is 41.3. The summed E-state index contributed by atoms with van der Waals surface area (Å²) in [6.07, 6.45) is 4.33. The number of nitrogens with zero attached hydrogens (tertiary/aromatic N) is 3. The monoisotopic (exact) mass is 469 g/mol. The van der Waals surface area contributed by atoms with Crippen LogP contribution in [0.3, 0.4) is 0 Å². The number of aromatic amines is 1. The van der Waals surface area contributed by atoms with Crippen molar-refractivity contribution in [3.63, 3.8) is 0 Å². The fourth-order valence-corrected chi connectivity index (χ4v) is 5.31. The molecule has 1 aliphatic rings. The summed E-state index contributed by atoms with van der Waals surface area (Å²) in [5.41, 5.74) is 4.39. The van der Waals surface area contributed by atoms with E-state index in [0.717, 1.165) is 40.1 Å². The number of pyridine rings is 1. The number of hydrogen-bond acceptors (Lipinski definition) is 5. The molecule has 4 heterocycles. The van der Waals surface area contributed by atoms with Gasteiger partial charge in [0.05, 0.1) is 17.8 Å². The maximum Gasteiger partial charge on any atom is 0.407 e. The Morgan fingerprint density at radius 3 is 2.67 bits per heavy atom. The predicted octanol–water partition coefficient (Wildman–Crippen LogP) is 3.47. The molecular formula is C23H27N5O4S. The molecule has 9 nitrogen and oxygen atoms in total. The van der Waals surface area contributed by atoms with Gasteiger partial charge in [0.25, 0.3) is 11.5 Å². The number of aryl methyl sites for hydroxylation is 2. The van der Waals surface area contributed by atoms with Crippen LogP contribution in [0.25, 0.3) is 10.4 Å². The fourth-order valence-electron chi connectivity index (χ4n) is 4.27. The number of likely N-dealkylation sites (tertiary alicyclic amines) is 1. The number of nitrogens with one attached hydrogen (secondary N) is 2. The maximum absolute atomic E-state index is 12.8. The van der Waals surface area contributed by atoms with E-state index in [9.17, 15) is 14.4 Å². The van der Waals surface area contributed by atoms with Gasteiger partial charge < -0.3 is 20.3 Å². The van der Waals surface area contributed by atoms with E-state index in [4.69, 9.17) is 5.11 Å². The molecule has 174 valence electrons. The zero-order valence-electron chi connectivity index (χ0n) is 18.8. The Bertz CT molecular complexity index is 1250. The Morgan fingerprint density at radius 1 is 1.27 bits per heavy atom. The first-order valence-electron chi connectivity index (χ1n) is 10.8. The Kier molecular flexibility index (Phi) is 6.37. The highest BCUT2D eigenvalue weighted by Crippen LogP contribution is 2.33. The molecule has 3 aromatic rings. The van der Waals surface area contributed by atoms with Crippen LogP contribution in [-0.2, 0) is 6.54 Å². The van der Waals surface area contributed by atoms with Crippen molar-refractivity contribution in [2.24, 2.45) is 0 Å². The van der Waals surface area contributed by atoms with E-state index in [1.165, 1.54) is 16.2 Å². The van der Waals surface area contributed by atoms with Crippen LogP contribution in [-0.4, -0.2) is 49.9 Å². The van der Waals surface area contributed by atoms with Crippen LogP contribution >= 0.6 is 11.3 Å². The topological polar surface area (TPSA) is 120 Å². The molecule has 1 fully saturated rings. The molecule has 0 saturated carbocycles. The second-order valence-electron chi connectivity index (χ2n) is 8.44. The van der Waals surface area contributed by atoms with E-state index in [-0.39, 0.29) is 24.1 Å². The lowest BCUT2D eigenvalue weighted by Crippen LogP contribution is -2.38. The number of rotatable bonds is 5. The van der Waals surface area contributed by atoms with Gasteiger partial charge in [-0.2, -0.15) is 5.10 Å². The molecule has 1 aliphatic heterocycles. The lowest BCUT2D eigenvalue weighted by Gasteiger charge is -2.30. The smallest absolute Gasteiger partial charge is 0.407 e. The second kappa shape index (κ2) is 9.22. The SMILES string of the molecule is Cc1cc(C)c(CNC(=O)c2csc(-c3cnn(C4CCN(C(=O)O)CC4)c3)c2C)c(=O)[nH]1.